The van der Waals surface area contributed by atoms with Crippen LogP contribution in [0.5, 0.6) is 0 Å². The molecule has 0 radical (unpaired) electrons. The third-order valence-electron chi connectivity index (χ3n) is 4.32. The quantitative estimate of drug-likeness (QED) is 0.841. The van der Waals surface area contributed by atoms with E-state index in [0.717, 1.165) is 18.7 Å². The molecule has 1 aromatic carbocycles. The Bertz CT molecular complexity index is 464. The molecule has 2 rings (SSSR count). The predicted octanol–water partition coefficient (Wildman–Crippen LogP) is 3.11. The van der Waals surface area contributed by atoms with E-state index >= 15 is 0 Å². The number of hydrogen-bond donors (Lipinski definition) is 2. The van der Waals surface area contributed by atoms with Crippen molar-refractivity contribution in [2.45, 2.75) is 39.2 Å². The van der Waals surface area contributed by atoms with Crippen molar-refractivity contribution in [1.29, 1.82) is 0 Å². The third-order valence-corrected chi connectivity index (χ3v) is 4.67. The van der Waals surface area contributed by atoms with Crippen molar-refractivity contribution in [2.24, 2.45) is 11.1 Å². The largest absolute Gasteiger partial charge is 0.366 e. The van der Waals surface area contributed by atoms with Crippen LogP contribution >= 0.6 is 11.6 Å². The molecule has 19 heavy (non-hydrogen) atoms. The highest BCUT2D eigenvalue weighted by atomic mass is 35.5. The summed E-state index contributed by atoms with van der Waals surface area (Å²) < 4.78 is 0. The first-order valence-corrected chi connectivity index (χ1v) is 7.23. The summed E-state index contributed by atoms with van der Waals surface area (Å²) in [7, 11) is 0. The molecule has 0 saturated heterocycles. The highest BCUT2D eigenvalue weighted by Crippen LogP contribution is 2.43. The van der Waals surface area contributed by atoms with Crippen molar-refractivity contribution in [3.05, 3.63) is 34.3 Å². The maximum atomic E-state index is 11.0. The number of carbonyl (C=O) groups excluding carboxylic acids is 1. The smallest absolute Gasteiger partial charge is 0.248 e. The van der Waals surface area contributed by atoms with Crippen molar-refractivity contribution in [2.75, 3.05) is 6.54 Å². The summed E-state index contributed by atoms with van der Waals surface area (Å²) in [5.74, 6) is -0.444. The fourth-order valence-corrected chi connectivity index (χ4v) is 2.89. The Morgan fingerprint density at radius 3 is 2.68 bits per heavy atom. The minimum Gasteiger partial charge on any atom is -0.366 e. The second-order valence-electron chi connectivity index (χ2n) is 5.48. The van der Waals surface area contributed by atoms with E-state index in [9.17, 15) is 4.79 Å². The number of carbonyl (C=O) groups is 1. The van der Waals surface area contributed by atoms with Gasteiger partial charge in [-0.15, -0.1) is 0 Å². The Morgan fingerprint density at radius 1 is 1.47 bits per heavy atom. The molecule has 4 heteroatoms. The number of hydrogen-bond acceptors (Lipinski definition) is 2. The number of halogens is 1. The molecule has 1 aliphatic carbocycles. The predicted molar refractivity (Wildman–Crippen MR) is 78.3 cm³/mol. The van der Waals surface area contributed by atoms with Crippen LogP contribution in [0, 0.1) is 5.41 Å². The lowest BCUT2D eigenvalue weighted by molar-refractivity contribution is 0.100. The van der Waals surface area contributed by atoms with E-state index in [-0.39, 0.29) is 0 Å². The van der Waals surface area contributed by atoms with Gasteiger partial charge in [0.15, 0.2) is 0 Å². The number of benzene rings is 1. The summed E-state index contributed by atoms with van der Waals surface area (Å²) in [5.41, 5.74) is 7.19. The molecule has 1 aliphatic rings. The zero-order valence-corrected chi connectivity index (χ0v) is 12.1. The minimum atomic E-state index is -0.444. The van der Waals surface area contributed by atoms with Gasteiger partial charge in [-0.1, -0.05) is 31.0 Å². The molecular weight excluding hydrogens is 260 g/mol. The molecule has 1 aromatic rings. The highest BCUT2D eigenvalue weighted by Gasteiger charge is 2.34. The first kappa shape index (κ1) is 14.4. The average molecular weight is 281 g/mol. The van der Waals surface area contributed by atoms with Crippen LogP contribution in [-0.2, 0) is 6.54 Å². The molecule has 0 unspecified atom stereocenters. The normalized spacial score (nSPS) is 16.9. The maximum absolute atomic E-state index is 11.0. The molecule has 104 valence electrons. The Labute approximate surface area is 119 Å². The number of primary amides is 1. The van der Waals surface area contributed by atoms with Crippen molar-refractivity contribution >= 4 is 17.5 Å². The van der Waals surface area contributed by atoms with E-state index in [1.54, 1.807) is 12.1 Å². The van der Waals surface area contributed by atoms with Gasteiger partial charge in [-0.2, -0.15) is 0 Å². The van der Waals surface area contributed by atoms with Crippen molar-refractivity contribution in [3.8, 4) is 0 Å². The van der Waals surface area contributed by atoms with E-state index in [2.05, 4.69) is 12.2 Å². The fourth-order valence-electron chi connectivity index (χ4n) is 2.64. The summed E-state index contributed by atoms with van der Waals surface area (Å²) in [6.07, 6.45) is 5.23. The lowest BCUT2D eigenvalue weighted by Crippen LogP contribution is -2.39. The van der Waals surface area contributed by atoms with Gasteiger partial charge in [0.2, 0.25) is 5.91 Å². The van der Waals surface area contributed by atoms with Crippen LogP contribution in [0.3, 0.4) is 0 Å². The minimum absolute atomic E-state index is 0.444. The molecule has 0 bridgehead atoms. The molecule has 0 atom stereocenters. The Morgan fingerprint density at radius 2 is 2.21 bits per heavy atom. The number of nitrogens with two attached hydrogens (primary N) is 1. The van der Waals surface area contributed by atoms with Crippen LogP contribution in [0.2, 0.25) is 5.02 Å². The van der Waals surface area contributed by atoms with Crippen LogP contribution in [0.1, 0.15) is 48.5 Å². The highest BCUT2D eigenvalue weighted by molar-refractivity contribution is 6.31. The van der Waals surface area contributed by atoms with Gasteiger partial charge in [-0.3, -0.25) is 4.79 Å². The Kier molecular flexibility index (Phi) is 4.48. The zero-order valence-electron chi connectivity index (χ0n) is 11.3. The van der Waals surface area contributed by atoms with Gasteiger partial charge in [0.1, 0.15) is 0 Å². The van der Waals surface area contributed by atoms with E-state index in [4.69, 9.17) is 17.3 Å². The van der Waals surface area contributed by atoms with Crippen molar-refractivity contribution < 1.29 is 4.79 Å². The second-order valence-corrected chi connectivity index (χ2v) is 5.89. The van der Waals surface area contributed by atoms with E-state index in [1.165, 1.54) is 25.7 Å². The van der Waals surface area contributed by atoms with Gasteiger partial charge >= 0.3 is 0 Å². The standard InChI is InChI=1S/C15H21ClN2O/c1-2-15(6-3-7-15)10-18-9-12-5-4-11(14(17)19)8-13(12)16/h4-5,8,18H,2-3,6-7,9-10H2,1H3,(H2,17,19). The molecule has 0 heterocycles. The van der Waals surface area contributed by atoms with Crippen molar-refractivity contribution in [3.63, 3.8) is 0 Å². The summed E-state index contributed by atoms with van der Waals surface area (Å²) >= 11 is 6.16. The SMILES string of the molecule is CCC1(CNCc2ccc(C(N)=O)cc2Cl)CCC1. The van der Waals surface area contributed by atoms with Crippen molar-refractivity contribution in [1.82, 2.24) is 5.32 Å². The molecule has 0 aromatic heterocycles. The van der Waals surface area contributed by atoms with Gasteiger partial charge in [0.05, 0.1) is 0 Å². The monoisotopic (exact) mass is 280 g/mol. The maximum Gasteiger partial charge on any atom is 0.248 e. The number of rotatable bonds is 6. The lowest BCUT2D eigenvalue weighted by Gasteiger charge is -2.41. The van der Waals surface area contributed by atoms with E-state index in [0.29, 0.717) is 16.0 Å². The molecule has 3 nitrogen and oxygen atoms in total. The fraction of sp³-hybridized carbons (Fsp3) is 0.533. The number of nitrogens with one attached hydrogen (secondary N) is 1. The van der Waals surface area contributed by atoms with E-state index < -0.39 is 5.91 Å². The first-order valence-electron chi connectivity index (χ1n) is 6.85. The second kappa shape index (κ2) is 5.93. The summed E-state index contributed by atoms with van der Waals surface area (Å²) in [5, 5.41) is 4.08. The van der Waals surface area contributed by atoms with Gasteiger partial charge in [0, 0.05) is 23.7 Å². The van der Waals surface area contributed by atoms with E-state index in [1.807, 2.05) is 6.07 Å². The lowest BCUT2D eigenvalue weighted by atomic mass is 9.67. The van der Waals surface area contributed by atoms with Gasteiger partial charge in [-0.05, 0) is 42.4 Å². The molecule has 1 fully saturated rings. The van der Waals surface area contributed by atoms with Gasteiger partial charge < -0.3 is 11.1 Å². The van der Waals surface area contributed by atoms with Crippen LogP contribution < -0.4 is 11.1 Å². The topological polar surface area (TPSA) is 55.1 Å². The molecule has 1 amide bonds. The summed E-state index contributed by atoms with van der Waals surface area (Å²) in [4.78, 5) is 11.0. The summed E-state index contributed by atoms with van der Waals surface area (Å²) in [6.45, 7) is 4.03. The Hall–Kier alpha value is -1.06. The van der Waals surface area contributed by atoms with Crippen LogP contribution in [0.15, 0.2) is 18.2 Å². The molecule has 0 aliphatic heterocycles. The summed E-state index contributed by atoms with van der Waals surface area (Å²) in [6, 6.07) is 5.23. The molecular formula is C15H21ClN2O. The molecule has 0 spiro atoms. The van der Waals surface area contributed by atoms with Gasteiger partial charge in [0.25, 0.3) is 0 Å². The molecule has 1 saturated carbocycles. The average Bonchev–Trinajstić information content (AvgIpc) is 2.34. The van der Waals surface area contributed by atoms with Crippen LogP contribution in [0.25, 0.3) is 0 Å². The first-order chi connectivity index (χ1) is 9.06. The number of amides is 1. The zero-order chi connectivity index (χ0) is 13.9. The van der Waals surface area contributed by atoms with Crippen LogP contribution in [-0.4, -0.2) is 12.5 Å². The van der Waals surface area contributed by atoms with Crippen LogP contribution in [0.4, 0.5) is 0 Å². The third kappa shape index (κ3) is 3.28. The molecule has 3 N–H and O–H groups in total. The Balaban J connectivity index is 1.91. The van der Waals surface area contributed by atoms with Gasteiger partial charge in [-0.25, -0.2) is 0 Å².